The van der Waals surface area contributed by atoms with Crippen molar-refractivity contribution in [1.82, 2.24) is 0 Å². The largest absolute Gasteiger partial charge is 0.472 e. The van der Waals surface area contributed by atoms with Crippen LogP contribution in [0.3, 0.4) is 0 Å². The number of ether oxygens (including phenoxy) is 3. The number of allylic oxidation sites excluding steroid dienone is 1. The van der Waals surface area contributed by atoms with Crippen molar-refractivity contribution < 1.29 is 46.7 Å². The number of furan rings is 1. The van der Waals surface area contributed by atoms with Crippen molar-refractivity contribution in [1.29, 1.82) is 0 Å². The summed E-state index contributed by atoms with van der Waals surface area (Å²) in [5, 5.41) is 0. The van der Waals surface area contributed by atoms with Crippen LogP contribution in [0.15, 0.2) is 16.6 Å². The van der Waals surface area contributed by atoms with Crippen LogP contribution in [0.4, 0.5) is 0 Å². The lowest BCUT2D eigenvalue weighted by atomic mass is 10.0. The predicted molar refractivity (Wildman–Crippen MR) is 227 cm³/mol. The molecule has 0 amide bonds. The molecule has 1 fully saturated rings. The monoisotopic (exact) mass is 826 g/mol. The molecule has 0 saturated carbocycles. The first kappa shape index (κ1) is 51.1. The lowest BCUT2D eigenvalue weighted by molar-refractivity contribution is -0.161. The smallest absolute Gasteiger partial charge is 0.466 e. The van der Waals surface area contributed by atoms with Crippen LogP contribution in [-0.2, 0) is 50.3 Å². The van der Waals surface area contributed by atoms with E-state index < -0.39 is 32.5 Å². The summed E-state index contributed by atoms with van der Waals surface area (Å²) in [6, 6.07) is 0. The number of rotatable bonds is 38. The summed E-state index contributed by atoms with van der Waals surface area (Å²) in [5.41, 5.74) is 8.01. The number of carbonyl (C=O) groups is 2. The second-order valence-electron chi connectivity index (χ2n) is 15.9. The molecule has 330 valence electrons. The third kappa shape index (κ3) is 25.3. The summed E-state index contributed by atoms with van der Waals surface area (Å²) in [5.74, 6) is 1.46. The van der Waals surface area contributed by atoms with Crippen LogP contribution in [-0.4, -0.2) is 61.5 Å². The Morgan fingerprint density at radius 1 is 0.719 bits per heavy atom. The molecule has 0 aromatic carbocycles. The fraction of sp³-hybridized carbons (Fsp3) is 0.822. The van der Waals surface area contributed by atoms with Crippen LogP contribution in [0, 0.1) is 13.8 Å². The van der Waals surface area contributed by atoms with Gasteiger partial charge in [-0.05, 0) is 76.3 Å². The van der Waals surface area contributed by atoms with Crippen LogP contribution in [0.2, 0.25) is 0 Å². The Hall–Kier alpha value is -2.01. The van der Waals surface area contributed by atoms with Gasteiger partial charge in [0.15, 0.2) is 6.10 Å². The molecule has 2 rings (SSSR count). The maximum atomic E-state index is 12.7. The number of phosphoric acid groups is 1. The van der Waals surface area contributed by atoms with E-state index in [2.05, 4.69) is 39.8 Å². The van der Waals surface area contributed by atoms with Crippen LogP contribution in [0.5, 0.6) is 0 Å². The lowest BCUT2D eigenvalue weighted by Gasteiger charge is -2.19. The summed E-state index contributed by atoms with van der Waals surface area (Å²) in [4.78, 5) is 35.0. The number of hydrogen-bond donors (Lipinski definition) is 2. The number of phosphoric ester groups is 1. The van der Waals surface area contributed by atoms with E-state index in [-0.39, 0.29) is 32.6 Å². The molecule has 3 unspecified atom stereocenters. The quantitative estimate of drug-likeness (QED) is 0.0215. The third-order valence-corrected chi connectivity index (χ3v) is 11.8. The zero-order valence-corrected chi connectivity index (χ0v) is 37.1. The number of unbranched alkanes of at least 4 members (excludes halogenated alkanes) is 16. The van der Waals surface area contributed by atoms with E-state index in [1.54, 1.807) is 0 Å². The molecule has 0 bridgehead atoms. The summed E-state index contributed by atoms with van der Waals surface area (Å²) in [6.45, 7) is 7.99. The molecule has 1 aromatic heterocycles. The van der Waals surface area contributed by atoms with Gasteiger partial charge in [-0.3, -0.25) is 18.6 Å². The van der Waals surface area contributed by atoms with Crippen LogP contribution < -0.4 is 5.73 Å². The zero-order chi connectivity index (χ0) is 41.6. The Kier molecular flexibility index (Phi) is 28.6. The molecule has 1 aliphatic rings. The second-order valence-corrected chi connectivity index (χ2v) is 17.3. The minimum atomic E-state index is -4.40. The fourth-order valence-corrected chi connectivity index (χ4v) is 7.76. The average Bonchev–Trinajstić information content (AvgIpc) is 3.89. The van der Waals surface area contributed by atoms with E-state index in [0.29, 0.717) is 25.0 Å². The molecule has 1 aromatic rings. The first-order valence-corrected chi connectivity index (χ1v) is 24.1. The van der Waals surface area contributed by atoms with E-state index in [1.165, 1.54) is 74.7 Å². The maximum absolute atomic E-state index is 12.7. The molecule has 57 heavy (non-hydrogen) atoms. The average molecular weight is 826 g/mol. The number of hydrogen-bond acceptors (Lipinski definition) is 10. The molecular formula is C45H80NO10P. The number of aryl methyl sites for hydroxylation is 2. The number of carbonyl (C=O) groups excluding carboxylic acids is 2. The van der Waals surface area contributed by atoms with E-state index >= 15 is 0 Å². The first-order valence-electron chi connectivity index (χ1n) is 22.6. The number of epoxide rings is 1. The third-order valence-electron chi connectivity index (χ3n) is 10.8. The molecule has 4 atom stereocenters. The SMILES string of the molecule is CCCCCc1oc(CCCCCCCCCCC(=O)O[C@H](COC(=O)CCCCCCC/C=C\CC2OC2CCCCC)COP(=O)(O)OCCN)c(C)c1C. The molecule has 0 spiro atoms. The van der Waals surface area contributed by atoms with Crippen LogP contribution in [0.25, 0.3) is 0 Å². The van der Waals surface area contributed by atoms with Crippen molar-refractivity contribution >= 4 is 19.8 Å². The van der Waals surface area contributed by atoms with E-state index in [9.17, 15) is 19.0 Å². The number of esters is 2. The Morgan fingerprint density at radius 3 is 1.91 bits per heavy atom. The predicted octanol–water partition coefficient (Wildman–Crippen LogP) is 11.3. The summed E-state index contributed by atoms with van der Waals surface area (Å²) < 4.78 is 44.8. The molecule has 1 saturated heterocycles. The Balaban J connectivity index is 1.56. The van der Waals surface area contributed by atoms with Gasteiger partial charge in [-0.2, -0.15) is 0 Å². The zero-order valence-electron chi connectivity index (χ0n) is 36.2. The van der Waals surface area contributed by atoms with Gasteiger partial charge in [-0.25, -0.2) is 4.57 Å². The highest BCUT2D eigenvalue weighted by atomic mass is 31.2. The minimum Gasteiger partial charge on any atom is -0.466 e. The molecule has 0 aliphatic carbocycles. The highest BCUT2D eigenvalue weighted by Crippen LogP contribution is 2.43. The van der Waals surface area contributed by atoms with E-state index in [4.69, 9.17) is 33.4 Å². The highest BCUT2D eigenvalue weighted by Gasteiger charge is 2.36. The normalized spacial score (nSPS) is 16.9. The molecular weight excluding hydrogens is 745 g/mol. The summed E-state index contributed by atoms with van der Waals surface area (Å²) in [7, 11) is -4.40. The van der Waals surface area contributed by atoms with Crippen molar-refractivity contribution in [3.63, 3.8) is 0 Å². The van der Waals surface area contributed by atoms with Gasteiger partial charge in [0.25, 0.3) is 0 Å². The Bertz CT molecular complexity index is 1280. The van der Waals surface area contributed by atoms with E-state index in [0.717, 1.165) is 89.2 Å². The fourth-order valence-electron chi connectivity index (χ4n) is 7.00. The minimum absolute atomic E-state index is 0.0438. The van der Waals surface area contributed by atoms with Gasteiger partial charge in [0, 0.05) is 32.2 Å². The Morgan fingerprint density at radius 2 is 1.28 bits per heavy atom. The molecule has 3 N–H and O–H groups in total. The van der Waals surface area contributed by atoms with Crippen molar-refractivity contribution in [3.05, 3.63) is 34.8 Å². The Labute approximate surface area is 345 Å². The maximum Gasteiger partial charge on any atom is 0.472 e. The molecule has 12 heteroatoms. The lowest BCUT2D eigenvalue weighted by Crippen LogP contribution is -2.29. The van der Waals surface area contributed by atoms with Crippen molar-refractivity contribution in [3.8, 4) is 0 Å². The van der Waals surface area contributed by atoms with Crippen LogP contribution >= 0.6 is 7.82 Å². The second kappa shape index (κ2) is 31.9. The van der Waals surface area contributed by atoms with Crippen molar-refractivity contribution in [2.24, 2.45) is 5.73 Å². The van der Waals surface area contributed by atoms with Gasteiger partial charge in [-0.1, -0.05) is 116 Å². The molecule has 0 radical (unpaired) electrons. The number of nitrogens with two attached hydrogens (primary N) is 1. The van der Waals surface area contributed by atoms with Gasteiger partial charge >= 0.3 is 19.8 Å². The first-order chi connectivity index (χ1) is 27.6. The van der Waals surface area contributed by atoms with Gasteiger partial charge in [0.1, 0.15) is 18.1 Å². The molecule has 2 heterocycles. The highest BCUT2D eigenvalue weighted by molar-refractivity contribution is 7.47. The van der Waals surface area contributed by atoms with Gasteiger partial charge in [0.2, 0.25) is 0 Å². The van der Waals surface area contributed by atoms with Crippen molar-refractivity contribution in [2.75, 3.05) is 26.4 Å². The summed E-state index contributed by atoms with van der Waals surface area (Å²) >= 11 is 0. The standard InChI is InChI=1S/C45H80NO10P/c1-5-7-21-27-40-37(3)38(4)41(55-40)28-23-17-13-9-12-16-20-26-32-45(48)54-39(36-53-57(49,50)52-34-33-46)35-51-44(47)31-25-19-15-11-10-14-18-24-30-43-42(56-43)29-22-8-6-2/h18,24,39,42-43H,5-17,19-23,25-36,46H2,1-4H3,(H,49,50)/b24-18-/t39-,42?,43?/m1/s1. The van der Waals surface area contributed by atoms with Crippen LogP contribution in [0.1, 0.15) is 191 Å². The van der Waals surface area contributed by atoms with Gasteiger partial charge in [0.05, 0.1) is 25.4 Å². The van der Waals surface area contributed by atoms with Crippen molar-refractivity contribution in [2.45, 2.75) is 213 Å². The molecule has 1 aliphatic heterocycles. The summed E-state index contributed by atoms with van der Waals surface area (Å²) in [6.07, 6.45) is 30.9. The molecule has 11 nitrogen and oxygen atoms in total. The van der Waals surface area contributed by atoms with E-state index in [1.807, 2.05) is 0 Å². The topological polar surface area (TPSA) is 160 Å². The van der Waals surface area contributed by atoms with Gasteiger partial charge in [-0.15, -0.1) is 0 Å². The van der Waals surface area contributed by atoms with Gasteiger partial charge < -0.3 is 29.3 Å².